The van der Waals surface area contributed by atoms with Crippen molar-refractivity contribution in [1.82, 2.24) is 0 Å². The third kappa shape index (κ3) is 2.56. The quantitative estimate of drug-likeness (QED) is 0.884. The summed E-state index contributed by atoms with van der Waals surface area (Å²) in [6, 6.07) is 4.94. The molecule has 1 saturated carbocycles. The Labute approximate surface area is 121 Å². The zero-order valence-electron chi connectivity index (χ0n) is 12.4. The molecule has 0 aromatic heterocycles. The predicted octanol–water partition coefficient (Wildman–Crippen LogP) is 4.01. The molecule has 20 heavy (non-hydrogen) atoms. The van der Waals surface area contributed by atoms with Crippen LogP contribution in [0.2, 0.25) is 0 Å². The Morgan fingerprint density at radius 1 is 1.15 bits per heavy atom. The summed E-state index contributed by atoms with van der Waals surface area (Å²) in [4.78, 5) is 2.40. The van der Waals surface area contributed by atoms with Gasteiger partial charge in [0.1, 0.15) is 5.82 Å². The molecule has 0 amide bonds. The van der Waals surface area contributed by atoms with Crippen molar-refractivity contribution in [2.45, 2.75) is 51.5 Å². The topological polar surface area (TPSA) is 29.3 Å². The fourth-order valence-electron chi connectivity index (χ4n) is 4.03. The third-order valence-electron chi connectivity index (χ3n) is 5.31. The fraction of sp³-hybridized carbons (Fsp3) is 0.647. The molecule has 0 radical (unpaired) electrons. The summed E-state index contributed by atoms with van der Waals surface area (Å²) in [6.45, 7) is 4.11. The Kier molecular flexibility index (Phi) is 3.72. The Balaban J connectivity index is 1.77. The summed E-state index contributed by atoms with van der Waals surface area (Å²) in [7, 11) is 0. The molecular weight excluding hydrogens is 251 g/mol. The maximum absolute atomic E-state index is 13.4. The molecule has 2 nitrogen and oxygen atoms in total. The molecule has 1 spiro atoms. The summed E-state index contributed by atoms with van der Waals surface area (Å²) in [5, 5.41) is 0. The van der Waals surface area contributed by atoms with Crippen molar-refractivity contribution >= 4 is 5.69 Å². The van der Waals surface area contributed by atoms with Gasteiger partial charge in [-0.15, -0.1) is 0 Å². The molecule has 0 unspecified atom stereocenters. The first-order chi connectivity index (χ1) is 9.60. The summed E-state index contributed by atoms with van der Waals surface area (Å²) in [5.41, 5.74) is 8.70. The van der Waals surface area contributed by atoms with E-state index in [0.29, 0.717) is 5.41 Å². The van der Waals surface area contributed by atoms with Crippen LogP contribution in [0.1, 0.15) is 57.1 Å². The first-order valence-corrected chi connectivity index (χ1v) is 7.90. The lowest BCUT2D eigenvalue weighted by Gasteiger charge is -2.41. The number of halogens is 1. The van der Waals surface area contributed by atoms with Crippen molar-refractivity contribution in [1.29, 1.82) is 0 Å². The van der Waals surface area contributed by atoms with E-state index in [1.165, 1.54) is 38.5 Å². The lowest BCUT2D eigenvalue weighted by molar-refractivity contribution is 0.226. The molecule has 3 rings (SSSR count). The Bertz CT molecular complexity index is 468. The Morgan fingerprint density at radius 3 is 2.40 bits per heavy atom. The average molecular weight is 276 g/mol. The van der Waals surface area contributed by atoms with Crippen molar-refractivity contribution in [2.75, 3.05) is 18.0 Å². The van der Waals surface area contributed by atoms with Gasteiger partial charge >= 0.3 is 0 Å². The molecule has 1 aromatic rings. The minimum absolute atomic E-state index is 0.122. The molecule has 2 N–H and O–H groups in total. The molecule has 1 aliphatic heterocycles. The highest BCUT2D eigenvalue weighted by Crippen LogP contribution is 2.47. The van der Waals surface area contributed by atoms with Gasteiger partial charge in [-0.2, -0.15) is 0 Å². The van der Waals surface area contributed by atoms with Gasteiger partial charge in [-0.25, -0.2) is 4.39 Å². The van der Waals surface area contributed by atoms with Crippen molar-refractivity contribution in [3.8, 4) is 0 Å². The van der Waals surface area contributed by atoms with Gasteiger partial charge in [-0.3, -0.25) is 0 Å². The largest absolute Gasteiger partial charge is 0.371 e. The van der Waals surface area contributed by atoms with E-state index in [0.717, 1.165) is 24.3 Å². The monoisotopic (exact) mass is 276 g/mol. The predicted molar refractivity (Wildman–Crippen MR) is 81.4 cm³/mol. The molecule has 2 fully saturated rings. The van der Waals surface area contributed by atoms with E-state index >= 15 is 0 Å². The summed E-state index contributed by atoms with van der Waals surface area (Å²) >= 11 is 0. The Hall–Kier alpha value is -1.09. The van der Waals surface area contributed by atoms with Gasteiger partial charge in [0.15, 0.2) is 0 Å². The first-order valence-electron chi connectivity index (χ1n) is 7.90. The van der Waals surface area contributed by atoms with E-state index in [9.17, 15) is 4.39 Å². The van der Waals surface area contributed by atoms with Crippen LogP contribution in [0.4, 0.5) is 10.1 Å². The highest BCUT2D eigenvalue weighted by molar-refractivity contribution is 5.55. The number of rotatable bonds is 2. The lowest BCUT2D eigenvalue weighted by atomic mass is 9.77. The van der Waals surface area contributed by atoms with E-state index in [1.54, 1.807) is 12.1 Å². The highest BCUT2D eigenvalue weighted by Gasteiger charge is 2.37. The van der Waals surface area contributed by atoms with Gasteiger partial charge in [0.05, 0.1) is 0 Å². The molecular formula is C17H25FN2. The van der Waals surface area contributed by atoms with E-state index in [1.807, 2.05) is 13.0 Å². The van der Waals surface area contributed by atoms with Crippen LogP contribution in [0, 0.1) is 11.2 Å². The molecule has 1 aromatic carbocycles. The number of piperidine rings is 1. The van der Waals surface area contributed by atoms with Crippen molar-refractivity contribution < 1.29 is 4.39 Å². The molecule has 1 heterocycles. The maximum Gasteiger partial charge on any atom is 0.123 e. The summed E-state index contributed by atoms with van der Waals surface area (Å²) in [5.74, 6) is -0.190. The normalized spacial score (nSPS) is 23.2. The minimum Gasteiger partial charge on any atom is -0.371 e. The van der Waals surface area contributed by atoms with Gasteiger partial charge < -0.3 is 10.6 Å². The average Bonchev–Trinajstić information content (AvgIpc) is 2.88. The van der Waals surface area contributed by atoms with Crippen LogP contribution in [0.25, 0.3) is 0 Å². The van der Waals surface area contributed by atoms with Crippen LogP contribution < -0.4 is 10.6 Å². The number of nitrogens with two attached hydrogens (primary N) is 1. The summed E-state index contributed by atoms with van der Waals surface area (Å²) in [6.07, 6.45) is 8.18. The zero-order chi connectivity index (χ0) is 14.2. The molecule has 3 heteroatoms. The molecule has 1 saturated heterocycles. The van der Waals surface area contributed by atoms with Crippen LogP contribution in [0.15, 0.2) is 18.2 Å². The number of benzene rings is 1. The number of hydrogen-bond acceptors (Lipinski definition) is 2. The third-order valence-corrected chi connectivity index (χ3v) is 5.31. The van der Waals surface area contributed by atoms with Gasteiger partial charge in [0.25, 0.3) is 0 Å². The van der Waals surface area contributed by atoms with E-state index in [-0.39, 0.29) is 11.9 Å². The molecule has 2 aliphatic rings. The smallest absolute Gasteiger partial charge is 0.123 e. The number of nitrogens with zero attached hydrogens (tertiary/aromatic N) is 1. The second-order valence-corrected chi connectivity index (χ2v) is 6.69. The molecule has 0 bridgehead atoms. The van der Waals surface area contributed by atoms with E-state index < -0.39 is 0 Å². The number of hydrogen-bond donors (Lipinski definition) is 1. The van der Waals surface area contributed by atoms with Crippen LogP contribution in [-0.2, 0) is 0 Å². The van der Waals surface area contributed by atoms with Gasteiger partial charge in [-0.05, 0) is 61.8 Å². The van der Waals surface area contributed by atoms with Crippen molar-refractivity contribution in [3.05, 3.63) is 29.6 Å². The van der Waals surface area contributed by atoms with E-state index in [2.05, 4.69) is 4.90 Å². The van der Waals surface area contributed by atoms with Crippen molar-refractivity contribution in [3.63, 3.8) is 0 Å². The number of anilines is 1. The van der Waals surface area contributed by atoms with Crippen LogP contribution in [0.5, 0.6) is 0 Å². The van der Waals surface area contributed by atoms with Crippen LogP contribution in [-0.4, -0.2) is 13.1 Å². The second-order valence-electron chi connectivity index (χ2n) is 6.69. The van der Waals surface area contributed by atoms with Gasteiger partial charge in [-0.1, -0.05) is 12.8 Å². The zero-order valence-corrected chi connectivity index (χ0v) is 12.4. The SMILES string of the molecule is C[C@H](N)c1cc(F)ccc1N1CCC2(CCCC2)CC1. The van der Waals surface area contributed by atoms with Gasteiger partial charge in [0, 0.05) is 24.8 Å². The van der Waals surface area contributed by atoms with Gasteiger partial charge in [0.2, 0.25) is 0 Å². The molecule has 1 atom stereocenters. The summed E-state index contributed by atoms with van der Waals surface area (Å²) < 4.78 is 13.4. The first kappa shape index (κ1) is 13.9. The Morgan fingerprint density at radius 2 is 1.80 bits per heavy atom. The molecule has 1 aliphatic carbocycles. The van der Waals surface area contributed by atoms with Crippen LogP contribution in [0.3, 0.4) is 0 Å². The lowest BCUT2D eigenvalue weighted by Crippen LogP contribution is -2.39. The standard InChI is InChI=1S/C17H25FN2/c1-13(19)15-12-14(18)4-5-16(15)20-10-8-17(9-11-20)6-2-3-7-17/h4-5,12-13H,2-3,6-11,19H2,1H3/t13-/m0/s1. The fourth-order valence-corrected chi connectivity index (χ4v) is 4.03. The maximum atomic E-state index is 13.4. The minimum atomic E-state index is -0.190. The second kappa shape index (κ2) is 5.36. The highest BCUT2D eigenvalue weighted by atomic mass is 19.1. The molecule has 110 valence electrons. The van der Waals surface area contributed by atoms with E-state index in [4.69, 9.17) is 5.73 Å². The van der Waals surface area contributed by atoms with Crippen LogP contribution >= 0.6 is 0 Å². The van der Waals surface area contributed by atoms with Crippen molar-refractivity contribution in [2.24, 2.45) is 11.1 Å².